The van der Waals surface area contributed by atoms with Crippen molar-refractivity contribution in [2.24, 2.45) is 0 Å². The van der Waals surface area contributed by atoms with Crippen LogP contribution < -0.4 is 14.8 Å². The molecule has 2 amide bonds. The zero-order valence-electron chi connectivity index (χ0n) is 31.7. The van der Waals surface area contributed by atoms with Gasteiger partial charge >= 0.3 is 12.1 Å². The molecule has 3 aromatic carbocycles. The molecule has 0 aromatic heterocycles. The van der Waals surface area contributed by atoms with Crippen molar-refractivity contribution in [3.05, 3.63) is 93.5 Å². The number of hydrogen-bond acceptors (Lipinski definition) is 10. The lowest BCUT2D eigenvalue weighted by atomic mass is 9.99. The summed E-state index contributed by atoms with van der Waals surface area (Å²) in [5.41, 5.74) is 0.642. The van der Waals surface area contributed by atoms with Crippen molar-refractivity contribution in [2.45, 2.75) is 78.0 Å². The van der Waals surface area contributed by atoms with E-state index in [0.717, 1.165) is 23.3 Å². The molecule has 12 nitrogen and oxygen atoms in total. The molecule has 0 saturated carbocycles. The molecule has 292 valence electrons. The lowest BCUT2D eigenvalue weighted by Gasteiger charge is -2.31. The van der Waals surface area contributed by atoms with Crippen LogP contribution in [0.2, 0.25) is 0 Å². The average molecular weight is 755 g/mol. The lowest BCUT2D eigenvalue weighted by Crippen LogP contribution is -2.51. The van der Waals surface area contributed by atoms with Gasteiger partial charge < -0.3 is 38.6 Å². The van der Waals surface area contributed by atoms with Crippen LogP contribution in [-0.4, -0.2) is 87.3 Å². The van der Waals surface area contributed by atoms with E-state index in [1.807, 2.05) is 13.8 Å². The smallest absolute Gasteiger partial charge is 0.410 e. The Morgan fingerprint density at radius 3 is 2.06 bits per heavy atom. The summed E-state index contributed by atoms with van der Waals surface area (Å²) in [7, 11) is 2.86. The topological polar surface area (TPSA) is 139 Å². The SMILES string of the molecule is CCc1cc(C(=O)N[C@@H]2CN(C(=O)OC(C)(C)C)CCC[C@H]2OC(=O)c2ccc(C(=O)c3c(OCOC)ccc(F)c3F)cc2)cc(CC)c1OCOC. The minimum atomic E-state index is -1.38. The van der Waals surface area contributed by atoms with Crippen LogP contribution in [0.4, 0.5) is 13.6 Å². The third kappa shape index (κ3) is 10.5. The first-order valence-corrected chi connectivity index (χ1v) is 17.7. The number of halogens is 2. The van der Waals surface area contributed by atoms with Crippen molar-refractivity contribution in [1.29, 1.82) is 0 Å². The average Bonchev–Trinajstić information content (AvgIpc) is 3.34. The molecule has 1 aliphatic heterocycles. The first-order chi connectivity index (χ1) is 25.7. The van der Waals surface area contributed by atoms with Crippen LogP contribution in [0, 0.1) is 11.6 Å². The molecule has 0 aliphatic carbocycles. The molecular weight excluding hydrogens is 706 g/mol. The van der Waals surface area contributed by atoms with E-state index in [1.54, 1.807) is 32.9 Å². The number of nitrogens with one attached hydrogen (secondary N) is 1. The summed E-state index contributed by atoms with van der Waals surface area (Å²) < 4.78 is 61.5. The second-order valence-electron chi connectivity index (χ2n) is 13.7. The van der Waals surface area contributed by atoms with Gasteiger partial charge in [0.15, 0.2) is 31.0 Å². The predicted octanol–water partition coefficient (Wildman–Crippen LogP) is 6.64. The third-order valence-corrected chi connectivity index (χ3v) is 8.60. The second kappa shape index (κ2) is 18.8. The van der Waals surface area contributed by atoms with E-state index in [1.165, 1.54) is 43.4 Å². The molecular formula is C40H48F2N2O10. The van der Waals surface area contributed by atoms with E-state index in [2.05, 4.69) is 5.32 Å². The molecule has 0 spiro atoms. The number of nitrogens with zero attached hydrogens (tertiary/aromatic N) is 1. The van der Waals surface area contributed by atoms with Gasteiger partial charge in [-0.05, 0) is 94.0 Å². The fourth-order valence-corrected chi connectivity index (χ4v) is 5.96. The molecule has 54 heavy (non-hydrogen) atoms. The maximum atomic E-state index is 14.8. The fourth-order valence-electron chi connectivity index (χ4n) is 5.96. The normalized spacial score (nSPS) is 15.9. The van der Waals surface area contributed by atoms with Crippen molar-refractivity contribution in [2.75, 3.05) is 40.9 Å². The largest absolute Gasteiger partial charge is 0.467 e. The highest BCUT2D eigenvalue weighted by Crippen LogP contribution is 2.29. The van der Waals surface area contributed by atoms with E-state index in [-0.39, 0.29) is 37.0 Å². The molecule has 1 N–H and O–H groups in total. The number of hydrogen-bond donors (Lipinski definition) is 1. The number of likely N-dealkylation sites (tertiary alicyclic amines) is 1. The number of rotatable bonds is 14. The number of amides is 2. The molecule has 0 unspecified atom stereocenters. The quantitative estimate of drug-likeness (QED) is 0.108. The standard InChI is InChI=1S/C40H48F2N2O10/c1-8-24-19-28(20-25(9-2)36(24)52-23-50-7)37(46)43-30-21-44(39(48)54-40(3,4)5)18-10-11-31(30)53-38(47)27-14-12-26(13-15-27)35(45)33-32(51-22-49-6)17-16-29(41)34(33)42/h12-17,19-20,30-31H,8-11,18,21-23H2,1-7H3,(H,43,46)/t30-,31-/m1/s1. The van der Waals surface area contributed by atoms with E-state index in [0.29, 0.717) is 43.5 Å². The highest BCUT2D eigenvalue weighted by atomic mass is 19.2. The molecule has 3 aromatic rings. The van der Waals surface area contributed by atoms with Crippen LogP contribution >= 0.6 is 0 Å². The van der Waals surface area contributed by atoms with Gasteiger partial charge in [-0.25, -0.2) is 18.4 Å². The first kappa shape index (κ1) is 41.7. The molecule has 2 atom stereocenters. The van der Waals surface area contributed by atoms with Gasteiger partial charge in [-0.1, -0.05) is 26.0 Å². The van der Waals surface area contributed by atoms with Crippen molar-refractivity contribution in [1.82, 2.24) is 10.2 Å². The Hall–Kier alpha value is -5.08. The van der Waals surface area contributed by atoms with Crippen LogP contribution in [0.5, 0.6) is 11.5 Å². The number of ether oxygens (including phenoxy) is 6. The molecule has 4 rings (SSSR count). The van der Waals surface area contributed by atoms with Crippen molar-refractivity contribution >= 4 is 23.8 Å². The van der Waals surface area contributed by atoms with Crippen LogP contribution in [0.25, 0.3) is 0 Å². The molecule has 14 heteroatoms. The summed E-state index contributed by atoms with van der Waals surface area (Å²) in [6, 6.07) is 9.84. The summed E-state index contributed by atoms with van der Waals surface area (Å²) in [4.78, 5) is 55.4. The third-order valence-electron chi connectivity index (χ3n) is 8.60. The fraction of sp³-hybridized carbons (Fsp3) is 0.450. The van der Waals surface area contributed by atoms with Crippen LogP contribution in [0.1, 0.15) is 95.2 Å². The van der Waals surface area contributed by atoms with Gasteiger partial charge in [0.1, 0.15) is 28.8 Å². The summed E-state index contributed by atoms with van der Waals surface area (Å²) in [6.45, 7) is 9.21. The maximum absolute atomic E-state index is 14.8. The number of aryl methyl sites for hydroxylation is 2. The predicted molar refractivity (Wildman–Crippen MR) is 194 cm³/mol. The van der Waals surface area contributed by atoms with Crippen LogP contribution in [-0.2, 0) is 31.8 Å². The zero-order chi connectivity index (χ0) is 39.6. The maximum Gasteiger partial charge on any atom is 0.410 e. The minimum Gasteiger partial charge on any atom is -0.467 e. The molecule has 1 saturated heterocycles. The first-order valence-electron chi connectivity index (χ1n) is 17.7. The number of methoxy groups -OCH3 is 2. The summed E-state index contributed by atoms with van der Waals surface area (Å²) in [5, 5.41) is 3.00. The summed E-state index contributed by atoms with van der Waals surface area (Å²) in [6.07, 6.45) is 0.495. The monoisotopic (exact) mass is 754 g/mol. The van der Waals surface area contributed by atoms with Gasteiger partial charge in [-0.15, -0.1) is 0 Å². The molecule has 1 heterocycles. The molecule has 0 radical (unpaired) electrons. The summed E-state index contributed by atoms with van der Waals surface area (Å²) >= 11 is 0. The van der Waals surface area contributed by atoms with Crippen molar-refractivity contribution < 1.29 is 56.4 Å². The Balaban J connectivity index is 1.59. The Kier molecular flexibility index (Phi) is 14.5. The Bertz CT molecular complexity index is 1780. The zero-order valence-corrected chi connectivity index (χ0v) is 31.7. The molecule has 1 fully saturated rings. The van der Waals surface area contributed by atoms with Crippen molar-refractivity contribution in [3.8, 4) is 11.5 Å². The minimum absolute atomic E-state index is 0.00494. The van der Waals surface area contributed by atoms with E-state index in [4.69, 9.17) is 28.4 Å². The van der Waals surface area contributed by atoms with Crippen LogP contribution in [0.15, 0.2) is 48.5 Å². The van der Waals surface area contributed by atoms with Gasteiger partial charge in [-0.3, -0.25) is 9.59 Å². The number of esters is 1. The second-order valence-corrected chi connectivity index (χ2v) is 13.7. The number of benzene rings is 3. The van der Waals surface area contributed by atoms with Gasteiger partial charge in [0, 0.05) is 38.4 Å². The van der Waals surface area contributed by atoms with E-state index < -0.39 is 58.7 Å². The highest BCUT2D eigenvalue weighted by molar-refractivity contribution is 6.11. The number of carbonyl (C=O) groups is 4. The van der Waals surface area contributed by atoms with Crippen LogP contribution in [0.3, 0.4) is 0 Å². The van der Waals surface area contributed by atoms with E-state index >= 15 is 0 Å². The Morgan fingerprint density at radius 1 is 0.852 bits per heavy atom. The number of ketones is 1. The van der Waals surface area contributed by atoms with Gasteiger partial charge in [0.25, 0.3) is 5.91 Å². The van der Waals surface area contributed by atoms with Gasteiger partial charge in [0.2, 0.25) is 0 Å². The summed E-state index contributed by atoms with van der Waals surface area (Å²) in [5.74, 6) is -4.23. The van der Waals surface area contributed by atoms with Gasteiger partial charge in [-0.2, -0.15) is 0 Å². The molecule has 1 aliphatic rings. The van der Waals surface area contributed by atoms with Gasteiger partial charge in [0.05, 0.1) is 11.6 Å². The Morgan fingerprint density at radius 2 is 1.46 bits per heavy atom. The van der Waals surface area contributed by atoms with Crippen molar-refractivity contribution in [3.63, 3.8) is 0 Å². The molecule has 0 bridgehead atoms. The lowest BCUT2D eigenvalue weighted by molar-refractivity contribution is 0.0127. The highest BCUT2D eigenvalue weighted by Gasteiger charge is 2.35. The number of carbonyl (C=O) groups excluding carboxylic acids is 4. The van der Waals surface area contributed by atoms with E-state index in [9.17, 15) is 28.0 Å². The Labute approximate surface area is 314 Å².